The molecule has 0 bridgehead atoms. The summed E-state index contributed by atoms with van der Waals surface area (Å²) in [6.45, 7) is 7.30. The molecule has 1 heteroatoms. The molecule has 21 heavy (non-hydrogen) atoms. The van der Waals surface area contributed by atoms with Gasteiger partial charge in [-0.2, -0.15) is 0 Å². The van der Waals surface area contributed by atoms with E-state index < -0.39 is 0 Å². The van der Waals surface area contributed by atoms with Crippen LogP contribution < -0.4 is 5.32 Å². The fourth-order valence-corrected chi connectivity index (χ4v) is 4.41. The number of hydrogen-bond acceptors (Lipinski definition) is 1. The van der Waals surface area contributed by atoms with Gasteiger partial charge in [0.25, 0.3) is 0 Å². The number of rotatable bonds is 3. The predicted molar refractivity (Wildman–Crippen MR) is 90.5 cm³/mol. The Bertz CT molecular complexity index is 470. The van der Waals surface area contributed by atoms with E-state index in [0.717, 1.165) is 5.92 Å². The molecule has 1 fully saturated rings. The van der Waals surface area contributed by atoms with E-state index in [2.05, 4.69) is 50.4 Å². The molecule has 2 atom stereocenters. The summed E-state index contributed by atoms with van der Waals surface area (Å²) in [5, 5.41) is 4.04. The zero-order valence-electron chi connectivity index (χ0n) is 14.0. The molecule has 2 aliphatic carbocycles. The van der Waals surface area contributed by atoms with E-state index in [1.54, 1.807) is 11.1 Å². The van der Waals surface area contributed by atoms with Gasteiger partial charge in [-0.1, -0.05) is 57.4 Å². The van der Waals surface area contributed by atoms with Crippen molar-refractivity contribution >= 4 is 0 Å². The summed E-state index contributed by atoms with van der Waals surface area (Å²) >= 11 is 0. The first-order valence-corrected chi connectivity index (χ1v) is 8.92. The van der Waals surface area contributed by atoms with Gasteiger partial charge in [-0.25, -0.2) is 0 Å². The van der Waals surface area contributed by atoms with Crippen LogP contribution in [0.4, 0.5) is 0 Å². The quantitative estimate of drug-likeness (QED) is 0.799. The monoisotopic (exact) mass is 285 g/mol. The third kappa shape index (κ3) is 3.18. The summed E-state index contributed by atoms with van der Waals surface area (Å²) in [7, 11) is 0. The highest BCUT2D eigenvalue weighted by Gasteiger charge is 2.37. The highest BCUT2D eigenvalue weighted by Crippen LogP contribution is 2.44. The average Bonchev–Trinajstić information content (AvgIpc) is 2.51. The van der Waals surface area contributed by atoms with E-state index in [-0.39, 0.29) is 0 Å². The third-order valence-corrected chi connectivity index (χ3v) is 5.97. The normalized spacial score (nSPS) is 27.1. The summed E-state index contributed by atoms with van der Waals surface area (Å²) in [4.78, 5) is 0. The molecule has 0 amide bonds. The molecule has 0 spiro atoms. The smallest absolute Gasteiger partial charge is 0.0376 e. The van der Waals surface area contributed by atoms with Gasteiger partial charge in [-0.15, -0.1) is 0 Å². The third-order valence-electron chi connectivity index (χ3n) is 5.97. The molecule has 116 valence electrons. The second-order valence-electron chi connectivity index (χ2n) is 7.97. The predicted octanol–water partition coefficient (Wildman–Crippen LogP) is 5.26. The first-order valence-electron chi connectivity index (χ1n) is 8.92. The highest BCUT2D eigenvalue weighted by atomic mass is 15.0. The molecule has 1 aromatic rings. The van der Waals surface area contributed by atoms with Crippen molar-refractivity contribution in [1.82, 2.24) is 5.32 Å². The fraction of sp³-hybridized carbons (Fsp3) is 0.700. The molecular formula is C20H31N. The van der Waals surface area contributed by atoms with Crippen molar-refractivity contribution in [1.29, 1.82) is 0 Å². The summed E-state index contributed by atoms with van der Waals surface area (Å²) in [6, 6.07) is 10.2. The summed E-state index contributed by atoms with van der Waals surface area (Å²) in [5.41, 5.74) is 3.47. The average molecular weight is 285 g/mol. The van der Waals surface area contributed by atoms with E-state index in [0.29, 0.717) is 17.5 Å². The van der Waals surface area contributed by atoms with Gasteiger partial charge in [-0.05, 0) is 55.1 Å². The Labute approximate surface area is 130 Å². The Balaban J connectivity index is 1.78. The van der Waals surface area contributed by atoms with Gasteiger partial charge in [0.1, 0.15) is 0 Å². The number of benzene rings is 1. The number of nitrogens with one attached hydrogen (secondary N) is 1. The van der Waals surface area contributed by atoms with E-state index in [4.69, 9.17) is 0 Å². The molecule has 0 radical (unpaired) electrons. The van der Waals surface area contributed by atoms with Gasteiger partial charge in [0, 0.05) is 12.1 Å². The minimum absolute atomic E-state index is 0.358. The molecule has 2 unspecified atom stereocenters. The molecule has 1 nitrogen and oxygen atoms in total. The SMILES string of the molecule is CC(NC1c2ccccc2CCC1(C)C)C1CCCCC1. The second-order valence-corrected chi connectivity index (χ2v) is 7.97. The van der Waals surface area contributed by atoms with E-state index in [1.807, 2.05) is 0 Å². The molecule has 0 saturated heterocycles. The Kier molecular flexibility index (Phi) is 4.40. The summed E-state index contributed by atoms with van der Waals surface area (Å²) in [6.07, 6.45) is 9.67. The molecular weight excluding hydrogens is 254 g/mol. The molecule has 2 aliphatic rings. The van der Waals surface area contributed by atoms with Crippen molar-refractivity contribution in [3.05, 3.63) is 35.4 Å². The molecule has 1 N–H and O–H groups in total. The molecule has 3 rings (SSSR count). The minimum Gasteiger partial charge on any atom is -0.307 e. The van der Waals surface area contributed by atoms with Crippen molar-refractivity contribution < 1.29 is 0 Å². The molecule has 1 aromatic carbocycles. The van der Waals surface area contributed by atoms with Crippen LogP contribution in [0.1, 0.15) is 76.5 Å². The van der Waals surface area contributed by atoms with E-state index >= 15 is 0 Å². The largest absolute Gasteiger partial charge is 0.307 e. The summed E-state index contributed by atoms with van der Waals surface area (Å²) < 4.78 is 0. The highest BCUT2D eigenvalue weighted by molar-refractivity contribution is 5.34. The lowest BCUT2D eigenvalue weighted by Crippen LogP contribution is -2.45. The topological polar surface area (TPSA) is 12.0 Å². The van der Waals surface area contributed by atoms with Crippen LogP contribution in [-0.4, -0.2) is 6.04 Å². The maximum atomic E-state index is 4.04. The second kappa shape index (κ2) is 6.12. The zero-order chi connectivity index (χ0) is 14.9. The van der Waals surface area contributed by atoms with Gasteiger partial charge in [0.15, 0.2) is 0 Å². The molecule has 0 heterocycles. The lowest BCUT2D eigenvalue weighted by molar-refractivity contribution is 0.167. The van der Waals surface area contributed by atoms with E-state index in [1.165, 1.54) is 44.9 Å². The van der Waals surface area contributed by atoms with Crippen LogP contribution >= 0.6 is 0 Å². The standard InChI is InChI=1S/C20H31N/c1-15(16-9-5-4-6-10-16)21-19-18-12-8-7-11-17(18)13-14-20(19,2)3/h7-8,11-12,15-16,19,21H,4-6,9-10,13-14H2,1-3H3. The van der Waals surface area contributed by atoms with Crippen LogP contribution in [0.2, 0.25) is 0 Å². The van der Waals surface area contributed by atoms with Crippen molar-refractivity contribution in [3.63, 3.8) is 0 Å². The Morgan fingerprint density at radius 1 is 1.10 bits per heavy atom. The van der Waals surface area contributed by atoms with Crippen LogP contribution in [0.25, 0.3) is 0 Å². The van der Waals surface area contributed by atoms with Gasteiger partial charge in [-0.3, -0.25) is 0 Å². The van der Waals surface area contributed by atoms with Gasteiger partial charge < -0.3 is 5.32 Å². The number of aryl methyl sites for hydroxylation is 1. The van der Waals surface area contributed by atoms with Crippen LogP contribution in [0.5, 0.6) is 0 Å². The molecule has 0 aromatic heterocycles. The lowest BCUT2D eigenvalue weighted by Gasteiger charge is -2.43. The van der Waals surface area contributed by atoms with Crippen LogP contribution in [0.3, 0.4) is 0 Å². The maximum Gasteiger partial charge on any atom is 0.0376 e. The summed E-state index contributed by atoms with van der Waals surface area (Å²) in [5.74, 6) is 0.878. The minimum atomic E-state index is 0.358. The van der Waals surface area contributed by atoms with Crippen LogP contribution in [0.15, 0.2) is 24.3 Å². The zero-order valence-corrected chi connectivity index (χ0v) is 14.0. The first kappa shape index (κ1) is 15.1. The Hall–Kier alpha value is -0.820. The Morgan fingerprint density at radius 3 is 2.57 bits per heavy atom. The number of hydrogen-bond donors (Lipinski definition) is 1. The van der Waals surface area contributed by atoms with Gasteiger partial charge in [0.05, 0.1) is 0 Å². The van der Waals surface area contributed by atoms with E-state index in [9.17, 15) is 0 Å². The van der Waals surface area contributed by atoms with Crippen molar-refractivity contribution in [3.8, 4) is 0 Å². The van der Waals surface area contributed by atoms with Crippen molar-refractivity contribution in [2.45, 2.75) is 77.8 Å². The van der Waals surface area contributed by atoms with Crippen LogP contribution in [-0.2, 0) is 6.42 Å². The van der Waals surface area contributed by atoms with Crippen molar-refractivity contribution in [2.24, 2.45) is 11.3 Å². The Morgan fingerprint density at radius 2 is 1.81 bits per heavy atom. The van der Waals surface area contributed by atoms with Crippen molar-refractivity contribution in [2.75, 3.05) is 0 Å². The maximum absolute atomic E-state index is 4.04. The first-order chi connectivity index (χ1) is 10.1. The molecule has 1 saturated carbocycles. The van der Waals surface area contributed by atoms with Gasteiger partial charge >= 0.3 is 0 Å². The van der Waals surface area contributed by atoms with Crippen LogP contribution in [0, 0.1) is 11.3 Å². The fourth-order valence-electron chi connectivity index (χ4n) is 4.41. The molecule has 0 aliphatic heterocycles. The lowest BCUT2D eigenvalue weighted by atomic mass is 9.69. The number of fused-ring (bicyclic) bond motifs is 1. The van der Waals surface area contributed by atoms with Gasteiger partial charge in [0.2, 0.25) is 0 Å².